The number of nitrogens with zero attached hydrogens (tertiary/aromatic N) is 1. The Morgan fingerprint density at radius 2 is 2.06 bits per heavy atom. The lowest BCUT2D eigenvalue weighted by atomic mass is 10.3. The van der Waals surface area contributed by atoms with Crippen molar-refractivity contribution < 1.29 is 32.6 Å². The van der Waals surface area contributed by atoms with E-state index >= 15 is 0 Å². The monoisotopic (exact) mass is 561 g/mol. The smallest absolute Gasteiger partial charge is 0.459 e. The van der Waals surface area contributed by atoms with Gasteiger partial charge in [-0.1, -0.05) is 15.9 Å². The molecule has 1 aromatic carbocycles. The van der Waals surface area contributed by atoms with Crippen molar-refractivity contribution in [2.24, 2.45) is 0 Å². The number of halogens is 1. The van der Waals surface area contributed by atoms with E-state index in [0.717, 1.165) is 4.47 Å². The van der Waals surface area contributed by atoms with Gasteiger partial charge in [-0.25, -0.2) is 9.36 Å². The molecular weight excluding hydrogens is 537 g/mol. The van der Waals surface area contributed by atoms with E-state index in [9.17, 15) is 18.9 Å². The molecule has 186 valence electrons. The molecule has 34 heavy (non-hydrogen) atoms. The van der Waals surface area contributed by atoms with Gasteiger partial charge < -0.3 is 18.7 Å². The molecular formula is C20H25BrN3O9P. The van der Waals surface area contributed by atoms with Gasteiger partial charge in [-0.15, -0.1) is 0 Å². The van der Waals surface area contributed by atoms with Gasteiger partial charge in [-0.3, -0.25) is 23.7 Å². The molecule has 0 saturated carbocycles. The van der Waals surface area contributed by atoms with E-state index in [1.165, 1.54) is 17.7 Å². The predicted octanol–water partition coefficient (Wildman–Crippen LogP) is 2.22. The van der Waals surface area contributed by atoms with Crippen molar-refractivity contribution in [1.82, 2.24) is 14.6 Å². The fourth-order valence-electron chi connectivity index (χ4n) is 2.92. The first kappa shape index (κ1) is 26.3. The Hall–Kier alpha value is -2.28. The van der Waals surface area contributed by atoms with Gasteiger partial charge in [0.25, 0.3) is 5.56 Å². The van der Waals surface area contributed by atoms with Crippen LogP contribution in [0.2, 0.25) is 0 Å². The molecule has 0 amide bonds. The third-order valence-corrected chi connectivity index (χ3v) is 6.77. The molecule has 1 aromatic heterocycles. The summed E-state index contributed by atoms with van der Waals surface area (Å²) >= 11 is 3.31. The number of nitrogens with one attached hydrogen (secondary N) is 2. The summed E-state index contributed by atoms with van der Waals surface area (Å²) in [5.74, 6) is -0.400. The van der Waals surface area contributed by atoms with E-state index in [1.54, 1.807) is 38.1 Å². The number of benzene rings is 1. The van der Waals surface area contributed by atoms with Crippen molar-refractivity contribution in [3.8, 4) is 5.75 Å². The first-order valence-electron chi connectivity index (χ1n) is 10.3. The fourth-order valence-corrected chi connectivity index (χ4v) is 4.66. The summed E-state index contributed by atoms with van der Waals surface area (Å²) in [7, 11) is -4.10. The maximum absolute atomic E-state index is 13.5. The van der Waals surface area contributed by atoms with Crippen LogP contribution in [0.15, 0.2) is 44.5 Å². The van der Waals surface area contributed by atoms with Crippen LogP contribution in [0.25, 0.3) is 0 Å². The Balaban J connectivity index is 1.70. The van der Waals surface area contributed by atoms with Crippen molar-refractivity contribution in [1.29, 1.82) is 0 Å². The number of rotatable bonds is 10. The van der Waals surface area contributed by atoms with Crippen LogP contribution in [0.3, 0.4) is 0 Å². The molecule has 3 rings (SSSR count). The molecule has 1 fully saturated rings. The second-order valence-corrected chi connectivity index (χ2v) is 9.88. The Morgan fingerprint density at radius 3 is 2.74 bits per heavy atom. The number of ether oxygens (including phenoxy) is 3. The molecule has 0 bridgehead atoms. The molecule has 12 nitrogen and oxygen atoms in total. The van der Waals surface area contributed by atoms with Crippen molar-refractivity contribution in [2.45, 2.75) is 39.3 Å². The predicted molar refractivity (Wildman–Crippen MR) is 123 cm³/mol. The lowest BCUT2D eigenvalue weighted by Gasteiger charge is -2.23. The number of aromatic nitrogens is 2. The van der Waals surface area contributed by atoms with Gasteiger partial charge in [-0.2, -0.15) is 5.09 Å². The second kappa shape index (κ2) is 11.4. The average molecular weight is 562 g/mol. The van der Waals surface area contributed by atoms with E-state index in [1.807, 2.05) is 0 Å². The number of aromatic amines is 1. The minimum Gasteiger partial charge on any atom is -0.465 e. The highest BCUT2D eigenvalue weighted by Crippen LogP contribution is 2.45. The van der Waals surface area contributed by atoms with Crippen LogP contribution < -0.4 is 20.9 Å². The second-order valence-electron chi connectivity index (χ2n) is 7.27. The largest absolute Gasteiger partial charge is 0.465 e. The summed E-state index contributed by atoms with van der Waals surface area (Å²) in [5.41, 5.74) is -0.819. The molecule has 0 aliphatic carbocycles. The summed E-state index contributed by atoms with van der Waals surface area (Å²) in [5, 5.41) is 2.55. The molecule has 2 unspecified atom stereocenters. The van der Waals surface area contributed by atoms with E-state index in [0.29, 0.717) is 5.56 Å². The Morgan fingerprint density at radius 1 is 1.35 bits per heavy atom. The first-order valence-corrected chi connectivity index (χ1v) is 12.7. The topological polar surface area (TPSA) is 147 Å². The molecule has 1 aliphatic heterocycles. The highest BCUT2D eigenvalue weighted by Gasteiger charge is 2.36. The maximum atomic E-state index is 13.5. The number of carbonyl (C=O) groups excluding carboxylic acids is 1. The van der Waals surface area contributed by atoms with Crippen LogP contribution in [0, 0.1) is 6.92 Å². The summed E-state index contributed by atoms with van der Waals surface area (Å²) < 4.78 is 42.6. The number of carbonyl (C=O) groups is 1. The third-order valence-electron chi connectivity index (χ3n) is 4.60. The SMILES string of the molecule is CCOC(=O)C(C)NP(=O)(OC[C@@H]1OC[C@H](n2cc(C)c(=O)[nH]c2=O)O1)Oc1ccc(Br)cc1. The Labute approximate surface area is 203 Å². The van der Waals surface area contributed by atoms with Crippen molar-refractivity contribution in [3.05, 3.63) is 61.3 Å². The zero-order valence-electron chi connectivity index (χ0n) is 18.7. The molecule has 4 atom stereocenters. The molecule has 2 N–H and O–H groups in total. The van der Waals surface area contributed by atoms with Crippen LogP contribution in [0.5, 0.6) is 5.75 Å². The summed E-state index contributed by atoms with van der Waals surface area (Å²) in [6.45, 7) is 4.46. The van der Waals surface area contributed by atoms with Gasteiger partial charge in [0, 0.05) is 16.2 Å². The van der Waals surface area contributed by atoms with Gasteiger partial charge in [0.15, 0.2) is 12.5 Å². The quantitative estimate of drug-likeness (QED) is 0.326. The van der Waals surface area contributed by atoms with Gasteiger partial charge in [0.2, 0.25) is 0 Å². The molecule has 0 spiro atoms. The van der Waals surface area contributed by atoms with E-state index in [-0.39, 0.29) is 25.6 Å². The summed E-state index contributed by atoms with van der Waals surface area (Å²) in [6, 6.07) is 5.51. The van der Waals surface area contributed by atoms with Crippen molar-refractivity contribution in [2.75, 3.05) is 19.8 Å². The molecule has 2 heterocycles. The number of esters is 1. The molecule has 1 aliphatic rings. The minimum atomic E-state index is -4.10. The van der Waals surface area contributed by atoms with Gasteiger partial charge in [0.1, 0.15) is 18.4 Å². The standard InChI is InChI=1S/C20H25BrN3O9P/c1-4-29-19(26)13(3)23-34(28,33-15-7-5-14(21)6-8-15)31-11-17-30-10-16(32-17)24-9-12(2)18(25)22-20(24)27/h5-9,13,16-17H,4,10-11H2,1-3H3,(H,23,28)(H,22,25,27)/t13?,16-,17-,34?/m1/s1. The number of hydrogen-bond acceptors (Lipinski definition) is 9. The van der Waals surface area contributed by atoms with Crippen LogP contribution >= 0.6 is 23.7 Å². The molecule has 14 heteroatoms. The summed E-state index contributed by atoms with van der Waals surface area (Å²) in [4.78, 5) is 37.9. The van der Waals surface area contributed by atoms with Crippen LogP contribution in [-0.4, -0.2) is 47.7 Å². The molecule has 2 aromatic rings. The van der Waals surface area contributed by atoms with Crippen LogP contribution in [0.4, 0.5) is 0 Å². The Kier molecular flexibility index (Phi) is 8.85. The lowest BCUT2D eigenvalue weighted by molar-refractivity contribution is -0.144. The highest BCUT2D eigenvalue weighted by molar-refractivity contribution is 9.10. The first-order chi connectivity index (χ1) is 16.1. The fraction of sp³-hybridized carbons (Fsp3) is 0.450. The van der Waals surface area contributed by atoms with Crippen molar-refractivity contribution >= 4 is 29.6 Å². The molecule has 0 radical (unpaired) electrons. The van der Waals surface area contributed by atoms with Crippen LogP contribution in [-0.2, 0) is 28.1 Å². The zero-order valence-corrected chi connectivity index (χ0v) is 21.2. The van der Waals surface area contributed by atoms with E-state index in [2.05, 4.69) is 26.0 Å². The van der Waals surface area contributed by atoms with Crippen molar-refractivity contribution in [3.63, 3.8) is 0 Å². The number of hydrogen-bond donors (Lipinski definition) is 2. The Bertz CT molecular complexity index is 1170. The van der Waals surface area contributed by atoms with Gasteiger partial charge in [0.05, 0.1) is 13.2 Å². The third kappa shape index (κ3) is 6.87. The molecule has 1 saturated heterocycles. The average Bonchev–Trinajstić information content (AvgIpc) is 3.25. The van der Waals surface area contributed by atoms with Gasteiger partial charge in [-0.05, 0) is 45.0 Å². The maximum Gasteiger partial charge on any atom is 0.459 e. The number of aryl methyl sites for hydroxylation is 1. The minimum absolute atomic E-state index is 0.00997. The lowest BCUT2D eigenvalue weighted by Crippen LogP contribution is -2.36. The normalized spacial score (nSPS) is 20.5. The zero-order chi connectivity index (χ0) is 24.9. The van der Waals surface area contributed by atoms with Crippen LogP contribution in [0.1, 0.15) is 25.6 Å². The summed E-state index contributed by atoms with van der Waals surface area (Å²) in [6.07, 6.45) is -0.455. The van der Waals surface area contributed by atoms with E-state index in [4.69, 9.17) is 23.3 Å². The van der Waals surface area contributed by atoms with E-state index < -0.39 is 43.5 Å². The highest BCUT2D eigenvalue weighted by atomic mass is 79.9. The van der Waals surface area contributed by atoms with Gasteiger partial charge >= 0.3 is 19.4 Å². The number of H-pyrrole nitrogens is 1.